The van der Waals surface area contributed by atoms with Crippen LogP contribution in [0.5, 0.6) is 5.75 Å². The molecule has 0 heterocycles. The quantitative estimate of drug-likeness (QED) is 0.811. The summed E-state index contributed by atoms with van der Waals surface area (Å²) in [4.78, 5) is 0.841. The molecule has 0 saturated carbocycles. The average molecular weight is 255 g/mol. The highest BCUT2D eigenvalue weighted by Crippen LogP contribution is 2.16. The Hall–Kier alpha value is -0.870. The molecule has 0 spiro atoms. The summed E-state index contributed by atoms with van der Waals surface area (Å²) in [6.45, 7) is 5.15. The molecular weight excluding hydrogens is 234 g/mol. The van der Waals surface area contributed by atoms with Crippen LogP contribution >= 0.6 is 0 Å². The Morgan fingerprint density at radius 2 is 2.24 bits per heavy atom. The molecule has 0 aliphatic carbocycles. The summed E-state index contributed by atoms with van der Waals surface area (Å²) in [5, 5.41) is 3.32. The lowest BCUT2D eigenvalue weighted by Crippen LogP contribution is -2.27. The van der Waals surface area contributed by atoms with Crippen LogP contribution < -0.4 is 10.1 Å². The van der Waals surface area contributed by atoms with E-state index in [9.17, 15) is 4.21 Å². The third-order valence-electron chi connectivity index (χ3n) is 2.59. The minimum Gasteiger partial charge on any atom is -0.497 e. The van der Waals surface area contributed by atoms with E-state index in [2.05, 4.69) is 19.2 Å². The normalized spacial score (nSPS) is 14.3. The summed E-state index contributed by atoms with van der Waals surface area (Å²) in [6.07, 6.45) is 0.914. The average Bonchev–Trinajstić information content (AvgIpc) is 2.36. The van der Waals surface area contributed by atoms with Crippen LogP contribution in [0.15, 0.2) is 29.2 Å². The Balaban J connectivity index is 2.51. The Kier molecular flexibility index (Phi) is 6.22. The van der Waals surface area contributed by atoms with Crippen LogP contribution in [0.25, 0.3) is 0 Å². The van der Waals surface area contributed by atoms with E-state index in [0.717, 1.165) is 23.6 Å². The van der Waals surface area contributed by atoms with Gasteiger partial charge < -0.3 is 10.1 Å². The van der Waals surface area contributed by atoms with Gasteiger partial charge in [0.05, 0.1) is 17.9 Å². The van der Waals surface area contributed by atoms with Crippen molar-refractivity contribution < 1.29 is 8.95 Å². The van der Waals surface area contributed by atoms with Crippen LogP contribution in [0.3, 0.4) is 0 Å². The summed E-state index contributed by atoms with van der Waals surface area (Å²) in [7, 11) is 0.681. The predicted octanol–water partition coefficient (Wildman–Crippen LogP) is 2.19. The van der Waals surface area contributed by atoms with E-state index in [1.54, 1.807) is 7.11 Å². The van der Waals surface area contributed by atoms with E-state index in [4.69, 9.17) is 4.74 Å². The molecule has 0 aliphatic rings. The minimum atomic E-state index is -0.939. The van der Waals surface area contributed by atoms with Crippen molar-refractivity contribution in [1.82, 2.24) is 5.32 Å². The largest absolute Gasteiger partial charge is 0.497 e. The number of hydrogen-bond acceptors (Lipinski definition) is 3. The summed E-state index contributed by atoms with van der Waals surface area (Å²) < 4.78 is 17.2. The van der Waals surface area contributed by atoms with Crippen LogP contribution in [0.1, 0.15) is 20.3 Å². The second-order valence-electron chi connectivity index (χ2n) is 3.98. The van der Waals surface area contributed by atoms with Gasteiger partial charge in [-0.05, 0) is 38.1 Å². The lowest BCUT2D eigenvalue weighted by molar-refractivity contribution is 0.413. The van der Waals surface area contributed by atoms with Crippen molar-refractivity contribution in [3.8, 4) is 5.75 Å². The highest BCUT2D eigenvalue weighted by molar-refractivity contribution is 7.85. The first-order chi connectivity index (χ1) is 8.17. The van der Waals surface area contributed by atoms with Gasteiger partial charge in [-0.2, -0.15) is 0 Å². The maximum absolute atomic E-state index is 12.0. The molecule has 4 heteroatoms. The van der Waals surface area contributed by atoms with Gasteiger partial charge in [0, 0.05) is 16.7 Å². The Morgan fingerprint density at radius 3 is 2.88 bits per heavy atom. The number of nitrogens with one attached hydrogen (secondary N) is 1. The van der Waals surface area contributed by atoms with Crippen LogP contribution in [0.2, 0.25) is 0 Å². The van der Waals surface area contributed by atoms with E-state index in [0.29, 0.717) is 11.8 Å². The van der Waals surface area contributed by atoms with Crippen molar-refractivity contribution in [2.45, 2.75) is 31.2 Å². The van der Waals surface area contributed by atoms with Gasteiger partial charge >= 0.3 is 0 Å². The third-order valence-corrected chi connectivity index (χ3v) is 3.98. The van der Waals surface area contributed by atoms with Gasteiger partial charge in [-0.15, -0.1) is 0 Å². The Bertz CT molecular complexity index is 368. The molecule has 0 saturated heterocycles. The highest BCUT2D eigenvalue weighted by atomic mass is 32.2. The zero-order valence-corrected chi connectivity index (χ0v) is 11.5. The lowest BCUT2D eigenvalue weighted by Gasteiger charge is -2.11. The monoisotopic (exact) mass is 255 g/mol. The Labute approximate surface area is 106 Å². The third kappa shape index (κ3) is 4.88. The van der Waals surface area contributed by atoms with Crippen molar-refractivity contribution in [3.63, 3.8) is 0 Å². The molecular formula is C13H21NO2S. The lowest BCUT2D eigenvalue weighted by atomic mass is 10.3. The van der Waals surface area contributed by atoms with E-state index in [1.165, 1.54) is 0 Å². The topological polar surface area (TPSA) is 38.3 Å². The van der Waals surface area contributed by atoms with Crippen molar-refractivity contribution in [2.24, 2.45) is 0 Å². The zero-order valence-electron chi connectivity index (χ0n) is 10.7. The van der Waals surface area contributed by atoms with Gasteiger partial charge in [0.2, 0.25) is 0 Å². The minimum absolute atomic E-state index is 0.412. The van der Waals surface area contributed by atoms with Crippen LogP contribution in [0.4, 0.5) is 0 Å². The molecule has 1 N–H and O–H groups in total. The smallest absolute Gasteiger partial charge is 0.120 e. The van der Waals surface area contributed by atoms with Gasteiger partial charge in [0.25, 0.3) is 0 Å². The van der Waals surface area contributed by atoms with Crippen molar-refractivity contribution in [1.29, 1.82) is 0 Å². The summed E-state index contributed by atoms with van der Waals surface area (Å²) in [5.74, 6) is 1.44. The molecule has 0 radical (unpaired) electrons. The van der Waals surface area contributed by atoms with E-state index in [1.807, 2.05) is 24.3 Å². The van der Waals surface area contributed by atoms with Crippen molar-refractivity contribution >= 4 is 10.8 Å². The molecule has 1 aromatic carbocycles. The molecule has 0 fully saturated rings. The van der Waals surface area contributed by atoms with Gasteiger partial charge in [-0.1, -0.05) is 13.0 Å². The van der Waals surface area contributed by atoms with Gasteiger partial charge in [-0.3, -0.25) is 4.21 Å². The fourth-order valence-corrected chi connectivity index (χ4v) is 2.88. The number of rotatable bonds is 7. The highest BCUT2D eigenvalue weighted by Gasteiger charge is 2.07. The van der Waals surface area contributed by atoms with Crippen molar-refractivity contribution in [2.75, 3.05) is 19.4 Å². The number of methoxy groups -OCH3 is 1. The molecule has 0 bridgehead atoms. The van der Waals surface area contributed by atoms with E-state index >= 15 is 0 Å². The van der Waals surface area contributed by atoms with Gasteiger partial charge in [-0.25, -0.2) is 0 Å². The summed E-state index contributed by atoms with van der Waals surface area (Å²) in [6, 6.07) is 7.88. The molecule has 0 amide bonds. The first-order valence-corrected chi connectivity index (χ1v) is 7.25. The van der Waals surface area contributed by atoms with E-state index < -0.39 is 10.8 Å². The first-order valence-electron chi connectivity index (χ1n) is 5.93. The second-order valence-corrected chi connectivity index (χ2v) is 5.55. The van der Waals surface area contributed by atoms with Crippen molar-refractivity contribution in [3.05, 3.63) is 24.3 Å². The van der Waals surface area contributed by atoms with Gasteiger partial charge in [0.1, 0.15) is 5.75 Å². The molecule has 1 rings (SSSR count). The molecule has 0 aromatic heterocycles. The molecule has 96 valence electrons. The van der Waals surface area contributed by atoms with E-state index in [-0.39, 0.29) is 0 Å². The molecule has 2 atom stereocenters. The van der Waals surface area contributed by atoms with Crippen LogP contribution in [0, 0.1) is 0 Å². The maximum atomic E-state index is 12.0. The number of hydrogen-bond donors (Lipinski definition) is 1. The number of ether oxygens (including phenoxy) is 1. The SMILES string of the molecule is CCNC(C)CCS(=O)c1cccc(OC)c1. The molecule has 17 heavy (non-hydrogen) atoms. The fraction of sp³-hybridized carbons (Fsp3) is 0.538. The molecule has 2 unspecified atom stereocenters. The van der Waals surface area contributed by atoms with Crippen LogP contribution in [-0.4, -0.2) is 29.7 Å². The standard InChI is InChI=1S/C13H21NO2S/c1-4-14-11(2)8-9-17(15)13-7-5-6-12(10-13)16-3/h5-7,10-11,14H,4,8-9H2,1-3H3. The Morgan fingerprint density at radius 1 is 1.47 bits per heavy atom. The van der Waals surface area contributed by atoms with Crippen LogP contribution in [-0.2, 0) is 10.8 Å². The van der Waals surface area contributed by atoms with Gasteiger partial charge in [0.15, 0.2) is 0 Å². The first kappa shape index (κ1) is 14.2. The predicted molar refractivity (Wildman–Crippen MR) is 72.0 cm³/mol. The zero-order chi connectivity index (χ0) is 12.7. The maximum Gasteiger partial charge on any atom is 0.120 e. The summed E-state index contributed by atoms with van der Waals surface area (Å²) >= 11 is 0. The summed E-state index contributed by atoms with van der Waals surface area (Å²) in [5.41, 5.74) is 0. The number of benzene rings is 1. The molecule has 1 aromatic rings. The molecule has 3 nitrogen and oxygen atoms in total. The fourth-order valence-electron chi connectivity index (χ4n) is 1.59. The molecule has 0 aliphatic heterocycles. The second kappa shape index (κ2) is 7.45.